The second-order valence-electron chi connectivity index (χ2n) is 2.63. The second kappa shape index (κ2) is 5.50. The maximum atomic E-state index is 8.92. The number of hydrogen-bond acceptors (Lipinski definition) is 2. The molecule has 2 N–H and O–H groups in total. The first kappa shape index (κ1) is 12.5. The highest BCUT2D eigenvalue weighted by atomic mass is 79.9. The Hall–Kier alpha value is -0.570. The molecule has 0 spiro atoms. The molecular weight excluding hydrogens is 345 g/mol. The number of nitriles is 1. The van der Waals surface area contributed by atoms with Gasteiger partial charge in [0.1, 0.15) is 11.9 Å². The molecule has 0 aliphatic rings. The molecule has 1 aromatic carbocycles. The summed E-state index contributed by atoms with van der Waals surface area (Å²) in [5, 5.41) is 8.92. The summed E-state index contributed by atoms with van der Waals surface area (Å²) in [6.07, 6.45) is 0. The predicted molar refractivity (Wildman–Crippen MR) is 68.6 cm³/mol. The monoisotopic (exact) mass is 349 g/mol. The van der Waals surface area contributed by atoms with Gasteiger partial charge in [-0.25, -0.2) is 4.99 Å². The van der Waals surface area contributed by atoms with Crippen molar-refractivity contribution in [2.75, 3.05) is 5.88 Å². The van der Waals surface area contributed by atoms with E-state index in [9.17, 15) is 0 Å². The van der Waals surface area contributed by atoms with Crippen molar-refractivity contribution in [1.82, 2.24) is 0 Å². The lowest BCUT2D eigenvalue weighted by molar-refractivity contribution is 1.38. The Kier molecular flexibility index (Phi) is 4.58. The van der Waals surface area contributed by atoms with Gasteiger partial charge in [0, 0.05) is 8.95 Å². The molecule has 15 heavy (non-hydrogen) atoms. The van der Waals surface area contributed by atoms with Gasteiger partial charge >= 0.3 is 0 Å². The lowest BCUT2D eigenvalue weighted by atomic mass is 10.2. The van der Waals surface area contributed by atoms with Crippen LogP contribution in [-0.4, -0.2) is 11.7 Å². The minimum Gasteiger partial charge on any atom is -0.386 e. The average Bonchev–Trinajstić information content (AvgIpc) is 2.21. The topological polar surface area (TPSA) is 62.2 Å². The van der Waals surface area contributed by atoms with Crippen molar-refractivity contribution in [2.45, 2.75) is 0 Å². The Morgan fingerprint density at radius 3 is 2.73 bits per heavy atom. The SMILES string of the molecule is N#Cc1cc(Br)cc(Br)c1N=C(N)CCl. The third-order valence-corrected chi connectivity index (χ3v) is 2.88. The van der Waals surface area contributed by atoms with E-state index in [1.165, 1.54) is 0 Å². The summed E-state index contributed by atoms with van der Waals surface area (Å²) in [5.41, 5.74) is 6.45. The van der Waals surface area contributed by atoms with E-state index in [0.29, 0.717) is 15.7 Å². The third-order valence-electron chi connectivity index (χ3n) is 1.54. The molecule has 0 amide bonds. The van der Waals surface area contributed by atoms with Crippen LogP contribution in [0.25, 0.3) is 0 Å². The smallest absolute Gasteiger partial charge is 0.115 e. The molecule has 0 saturated carbocycles. The van der Waals surface area contributed by atoms with Crippen LogP contribution in [0.15, 0.2) is 26.1 Å². The minimum atomic E-state index is 0.132. The highest BCUT2D eigenvalue weighted by Gasteiger charge is 2.08. The molecule has 78 valence electrons. The number of benzene rings is 1. The third kappa shape index (κ3) is 3.20. The predicted octanol–water partition coefficient (Wildman–Crippen LogP) is 3.31. The summed E-state index contributed by atoms with van der Waals surface area (Å²) < 4.78 is 1.50. The van der Waals surface area contributed by atoms with E-state index < -0.39 is 0 Å². The molecule has 0 radical (unpaired) electrons. The Morgan fingerprint density at radius 1 is 1.53 bits per heavy atom. The number of hydrogen-bond donors (Lipinski definition) is 1. The van der Waals surface area contributed by atoms with Gasteiger partial charge in [-0.3, -0.25) is 0 Å². The normalized spacial score (nSPS) is 11.2. The average molecular weight is 351 g/mol. The number of aliphatic imine (C=N–C) groups is 1. The van der Waals surface area contributed by atoms with Crippen LogP contribution >= 0.6 is 43.5 Å². The van der Waals surface area contributed by atoms with Gasteiger partial charge < -0.3 is 5.73 Å². The van der Waals surface area contributed by atoms with Crippen LogP contribution < -0.4 is 5.73 Å². The maximum Gasteiger partial charge on any atom is 0.115 e. The summed E-state index contributed by atoms with van der Waals surface area (Å²) in [7, 11) is 0. The minimum absolute atomic E-state index is 0.132. The Bertz CT molecular complexity index is 451. The molecule has 0 fully saturated rings. The van der Waals surface area contributed by atoms with Crippen LogP contribution in [-0.2, 0) is 0 Å². The van der Waals surface area contributed by atoms with E-state index in [1.54, 1.807) is 12.1 Å². The van der Waals surface area contributed by atoms with Gasteiger partial charge in [0.2, 0.25) is 0 Å². The molecule has 0 unspecified atom stereocenters. The van der Waals surface area contributed by atoms with Gasteiger partial charge in [0.15, 0.2) is 0 Å². The fourth-order valence-electron chi connectivity index (χ4n) is 0.938. The number of halogens is 3. The van der Waals surface area contributed by atoms with E-state index in [4.69, 9.17) is 22.6 Å². The van der Waals surface area contributed by atoms with Gasteiger partial charge in [0.25, 0.3) is 0 Å². The Morgan fingerprint density at radius 2 is 2.20 bits per heavy atom. The largest absolute Gasteiger partial charge is 0.386 e. The molecule has 0 aliphatic heterocycles. The van der Waals surface area contributed by atoms with Gasteiger partial charge in [0.05, 0.1) is 17.1 Å². The zero-order chi connectivity index (χ0) is 11.4. The molecule has 6 heteroatoms. The summed E-state index contributed by atoms with van der Waals surface area (Å²) in [4.78, 5) is 4.06. The van der Waals surface area contributed by atoms with E-state index in [2.05, 4.69) is 36.9 Å². The molecule has 1 rings (SSSR count). The van der Waals surface area contributed by atoms with E-state index >= 15 is 0 Å². The van der Waals surface area contributed by atoms with Crippen molar-refractivity contribution in [3.63, 3.8) is 0 Å². The Labute approximate surface area is 109 Å². The summed E-state index contributed by atoms with van der Waals surface area (Å²) >= 11 is 12.1. The fourth-order valence-corrected chi connectivity index (χ4v) is 2.31. The summed E-state index contributed by atoms with van der Waals surface area (Å²) in [6, 6.07) is 5.51. The lowest BCUT2D eigenvalue weighted by Crippen LogP contribution is -2.12. The highest BCUT2D eigenvalue weighted by Crippen LogP contribution is 2.32. The molecular formula is C9H6Br2ClN3. The van der Waals surface area contributed by atoms with Crippen molar-refractivity contribution >= 4 is 55.0 Å². The number of rotatable bonds is 2. The standard InChI is InChI=1S/C9H6Br2ClN3/c10-6-1-5(4-13)9(7(11)2-6)15-8(14)3-12/h1-2H,3H2,(H2,14,15). The molecule has 3 nitrogen and oxygen atoms in total. The summed E-state index contributed by atoms with van der Waals surface area (Å²) in [6.45, 7) is 0. The van der Waals surface area contributed by atoms with Crippen LogP contribution in [0, 0.1) is 11.3 Å². The van der Waals surface area contributed by atoms with Crippen LogP contribution in [0.5, 0.6) is 0 Å². The van der Waals surface area contributed by atoms with Gasteiger partial charge in [-0.05, 0) is 28.1 Å². The number of amidine groups is 1. The Balaban J connectivity index is 3.35. The maximum absolute atomic E-state index is 8.92. The lowest BCUT2D eigenvalue weighted by Gasteiger charge is -2.03. The molecule has 0 heterocycles. The number of alkyl halides is 1. The van der Waals surface area contributed by atoms with E-state index in [-0.39, 0.29) is 11.7 Å². The van der Waals surface area contributed by atoms with Crippen molar-refractivity contribution in [3.8, 4) is 6.07 Å². The molecule has 0 atom stereocenters. The van der Waals surface area contributed by atoms with Crippen LogP contribution in [0.4, 0.5) is 5.69 Å². The van der Waals surface area contributed by atoms with Gasteiger partial charge in [-0.15, -0.1) is 11.6 Å². The van der Waals surface area contributed by atoms with Crippen LogP contribution in [0.1, 0.15) is 5.56 Å². The van der Waals surface area contributed by atoms with E-state index in [0.717, 1.165) is 4.47 Å². The first-order chi connectivity index (χ1) is 7.08. The second-order valence-corrected chi connectivity index (χ2v) is 4.67. The number of nitrogens with two attached hydrogens (primary N) is 1. The van der Waals surface area contributed by atoms with Crippen molar-refractivity contribution in [1.29, 1.82) is 5.26 Å². The quantitative estimate of drug-likeness (QED) is 0.505. The number of nitrogens with zero attached hydrogens (tertiary/aromatic N) is 2. The fraction of sp³-hybridized carbons (Fsp3) is 0.111. The molecule has 0 aliphatic carbocycles. The zero-order valence-electron chi connectivity index (χ0n) is 7.47. The zero-order valence-corrected chi connectivity index (χ0v) is 11.4. The van der Waals surface area contributed by atoms with Crippen molar-refractivity contribution in [2.24, 2.45) is 10.7 Å². The van der Waals surface area contributed by atoms with Crippen molar-refractivity contribution in [3.05, 3.63) is 26.6 Å². The highest BCUT2D eigenvalue weighted by molar-refractivity contribution is 9.11. The molecule has 0 aromatic heterocycles. The van der Waals surface area contributed by atoms with Crippen LogP contribution in [0.2, 0.25) is 0 Å². The first-order valence-corrected chi connectivity index (χ1v) is 5.98. The van der Waals surface area contributed by atoms with Gasteiger partial charge in [-0.1, -0.05) is 15.9 Å². The molecule has 0 saturated heterocycles. The van der Waals surface area contributed by atoms with Crippen molar-refractivity contribution < 1.29 is 0 Å². The van der Waals surface area contributed by atoms with Gasteiger partial charge in [-0.2, -0.15) is 5.26 Å². The van der Waals surface area contributed by atoms with E-state index in [1.807, 2.05) is 6.07 Å². The van der Waals surface area contributed by atoms with Crippen LogP contribution in [0.3, 0.4) is 0 Å². The first-order valence-electron chi connectivity index (χ1n) is 3.86. The molecule has 0 bridgehead atoms. The molecule has 1 aromatic rings. The summed E-state index contributed by atoms with van der Waals surface area (Å²) in [5.74, 6) is 0.407.